The van der Waals surface area contributed by atoms with Gasteiger partial charge in [-0.2, -0.15) is 13.2 Å². The summed E-state index contributed by atoms with van der Waals surface area (Å²) < 4.78 is 86.1. The van der Waals surface area contributed by atoms with E-state index in [1.54, 1.807) is 26.0 Å². The lowest BCUT2D eigenvalue weighted by atomic mass is 9.82. The van der Waals surface area contributed by atoms with Crippen LogP contribution in [0.15, 0.2) is 42.6 Å². The van der Waals surface area contributed by atoms with Gasteiger partial charge >= 0.3 is 12.1 Å². The number of sulfonamides is 1. The van der Waals surface area contributed by atoms with E-state index in [4.69, 9.17) is 14.2 Å². The number of carbonyl (C=O) groups is 4. The van der Waals surface area contributed by atoms with Gasteiger partial charge in [0, 0.05) is 23.6 Å². The van der Waals surface area contributed by atoms with E-state index in [2.05, 4.69) is 9.71 Å². The predicted molar refractivity (Wildman–Crippen MR) is 208 cm³/mol. The van der Waals surface area contributed by atoms with Gasteiger partial charge in [0.2, 0.25) is 33.3 Å². The lowest BCUT2D eigenvalue weighted by Gasteiger charge is -2.33. The first-order valence-electron chi connectivity index (χ1n) is 20.1. The van der Waals surface area contributed by atoms with Crippen LogP contribution in [0.25, 0.3) is 10.8 Å². The van der Waals surface area contributed by atoms with Crippen molar-refractivity contribution in [2.75, 3.05) is 13.2 Å². The molecule has 12 nitrogen and oxygen atoms in total. The van der Waals surface area contributed by atoms with Gasteiger partial charge in [0.1, 0.15) is 11.9 Å². The first kappa shape index (κ1) is 43.4. The summed E-state index contributed by atoms with van der Waals surface area (Å²) in [6.07, 6.45) is 1.33. The number of nitrogens with zero attached hydrogens (tertiary/aromatic N) is 2. The van der Waals surface area contributed by atoms with Crippen molar-refractivity contribution in [2.45, 2.75) is 128 Å². The molecule has 0 bridgehead atoms. The van der Waals surface area contributed by atoms with Crippen LogP contribution >= 0.6 is 0 Å². The summed E-state index contributed by atoms with van der Waals surface area (Å²) >= 11 is 0. The lowest BCUT2D eigenvalue weighted by Crippen LogP contribution is -2.48. The Bertz CT molecular complexity index is 2070. The fraction of sp³-hybridized carbons (Fsp3) is 0.643. The third kappa shape index (κ3) is 8.86. The number of alkyl halides is 3. The second-order valence-corrected chi connectivity index (χ2v) is 19.7. The second-order valence-electron chi connectivity index (χ2n) is 17.5. The number of aromatic nitrogens is 1. The molecule has 2 saturated carbocycles. The topological polar surface area (TPSA) is 158 Å². The van der Waals surface area contributed by atoms with Gasteiger partial charge in [-0.05, 0) is 90.0 Å². The molecule has 1 aromatic carbocycles. The smallest absolute Gasteiger partial charge is 0.427 e. The summed E-state index contributed by atoms with van der Waals surface area (Å²) in [6.45, 7) is 8.91. The molecular weight excluding hydrogens is 780 g/mol. The van der Waals surface area contributed by atoms with Gasteiger partial charge < -0.3 is 19.1 Å². The Labute approximate surface area is 337 Å². The average Bonchev–Trinajstić information content (AvgIpc) is 4.02. The van der Waals surface area contributed by atoms with Gasteiger partial charge in [-0.25, -0.2) is 13.4 Å². The minimum absolute atomic E-state index is 0.0190. The lowest BCUT2D eigenvalue weighted by molar-refractivity contribution is -0.257. The molecule has 2 aliphatic heterocycles. The molecule has 2 aromatic rings. The fourth-order valence-corrected chi connectivity index (χ4v) is 9.65. The summed E-state index contributed by atoms with van der Waals surface area (Å²) in [5.74, 6) is -4.40. The molecule has 0 spiro atoms. The Kier molecular flexibility index (Phi) is 12.0. The number of pyridine rings is 1. The first-order chi connectivity index (χ1) is 27.1. The van der Waals surface area contributed by atoms with Crippen LogP contribution in [0, 0.1) is 29.1 Å². The van der Waals surface area contributed by atoms with Crippen LogP contribution in [0.3, 0.4) is 0 Å². The number of halogens is 3. The van der Waals surface area contributed by atoms with Crippen LogP contribution in [-0.4, -0.2) is 83.7 Å². The molecule has 4 aliphatic rings. The first-order valence-corrected chi connectivity index (χ1v) is 21.6. The van der Waals surface area contributed by atoms with E-state index in [9.17, 15) is 40.8 Å². The maximum absolute atomic E-state index is 14.8. The number of fused-ring (bicyclic) bond motifs is 3. The molecule has 7 atom stereocenters. The van der Waals surface area contributed by atoms with Crippen LogP contribution in [0.1, 0.15) is 99.3 Å². The molecule has 58 heavy (non-hydrogen) atoms. The van der Waals surface area contributed by atoms with Gasteiger partial charge in [0.15, 0.2) is 5.78 Å². The normalized spacial score (nSPS) is 29.6. The van der Waals surface area contributed by atoms with E-state index in [1.807, 2.05) is 38.1 Å². The monoisotopic (exact) mass is 833 g/mol. The third-order valence-electron chi connectivity index (χ3n) is 12.5. The number of nitrogens with one attached hydrogen (secondary N) is 1. The number of amides is 2. The maximum Gasteiger partial charge on any atom is 0.427 e. The number of allylic oxidation sites excluding steroid dienone is 2. The van der Waals surface area contributed by atoms with Crippen molar-refractivity contribution in [2.24, 2.45) is 29.1 Å². The molecule has 1 N–H and O–H groups in total. The number of ketones is 1. The number of hydrogen-bond acceptors (Lipinski definition) is 10. The number of benzene rings is 1. The van der Waals surface area contributed by atoms with Crippen molar-refractivity contribution >= 4 is 44.4 Å². The summed E-state index contributed by atoms with van der Waals surface area (Å²) in [4.78, 5) is 62.6. The number of rotatable bonds is 10. The molecule has 3 fully saturated rings. The Balaban J connectivity index is 1.36. The molecule has 0 radical (unpaired) electrons. The van der Waals surface area contributed by atoms with Gasteiger partial charge in [-0.1, -0.05) is 44.2 Å². The highest BCUT2D eigenvalue weighted by Gasteiger charge is 2.63. The zero-order chi connectivity index (χ0) is 42.4. The largest absolute Gasteiger partial charge is 0.492 e. The van der Waals surface area contributed by atoms with Gasteiger partial charge in [0.25, 0.3) is 0 Å². The van der Waals surface area contributed by atoms with Crippen molar-refractivity contribution in [3.8, 4) is 11.6 Å². The SMILES string of the molecule is CCOc1cnc(O[C@@H]2C[C@H]3C(=O)C[C@]4(C(=O)NS(=O)(=O)C5(C)CC5)C[C@H]4/C=C\CC[C@@H](C)C[C@@H](C)[C@H](CC(=O)OC(C)(C)C(F)(F)F)C(=O)N3C2)c2ccccc12. The molecule has 2 amide bonds. The van der Waals surface area contributed by atoms with E-state index in [1.165, 1.54) is 11.1 Å². The van der Waals surface area contributed by atoms with Gasteiger partial charge in [0.05, 0.1) is 47.9 Å². The number of carbonyl (C=O) groups excluding carboxylic acids is 4. The Morgan fingerprint density at radius 2 is 1.76 bits per heavy atom. The molecule has 2 aliphatic carbocycles. The highest BCUT2D eigenvalue weighted by atomic mass is 32.2. The fourth-order valence-electron chi connectivity index (χ4n) is 8.31. The Hall–Kier alpha value is -4.21. The molecule has 16 heteroatoms. The number of esters is 1. The van der Waals surface area contributed by atoms with Crippen LogP contribution in [-0.2, 0) is 33.9 Å². The third-order valence-corrected chi connectivity index (χ3v) is 14.7. The molecule has 3 heterocycles. The molecule has 1 saturated heterocycles. The maximum atomic E-state index is 14.8. The van der Waals surface area contributed by atoms with E-state index in [0.717, 1.165) is 19.2 Å². The minimum Gasteiger partial charge on any atom is -0.492 e. The van der Waals surface area contributed by atoms with Crippen LogP contribution in [0.4, 0.5) is 13.2 Å². The second kappa shape index (κ2) is 16.1. The Morgan fingerprint density at radius 1 is 1.07 bits per heavy atom. The minimum atomic E-state index is -4.86. The van der Waals surface area contributed by atoms with E-state index < -0.39 is 91.8 Å². The molecule has 0 unspecified atom stereocenters. The number of ether oxygens (including phenoxy) is 3. The molecule has 318 valence electrons. The Morgan fingerprint density at radius 3 is 2.41 bits per heavy atom. The molecule has 6 rings (SSSR count). The summed E-state index contributed by atoms with van der Waals surface area (Å²) in [7, 11) is -4.03. The van der Waals surface area contributed by atoms with E-state index in [-0.39, 0.29) is 37.6 Å². The quantitative estimate of drug-likeness (QED) is 0.198. The van der Waals surface area contributed by atoms with Crippen molar-refractivity contribution in [3.63, 3.8) is 0 Å². The van der Waals surface area contributed by atoms with Crippen molar-refractivity contribution in [1.29, 1.82) is 0 Å². The summed E-state index contributed by atoms with van der Waals surface area (Å²) in [5.41, 5.74) is -4.19. The standard InChI is InChI=1S/C42H54F3N3O9S/c1-7-55-34-23-46-36(30-15-11-10-14-29(30)34)56-28-19-32-33(49)22-41(38(52)47-58(53,54)40(6)16-17-40)21-27(41)13-9-8-12-25(2)18-26(3)31(37(51)48(32)24-28)20-35(50)57-39(4,5)42(43,44)45/h9-11,13-15,23,25-28,31-32H,7-8,12,16-22,24H2,1-6H3,(H,47,52)/b13-9-/t25-,26-,27-,28-,31+,32+,41-/m1/s1. The highest BCUT2D eigenvalue weighted by molar-refractivity contribution is 7.91. The summed E-state index contributed by atoms with van der Waals surface area (Å²) in [5, 5.41) is 1.35. The number of hydrogen-bond donors (Lipinski definition) is 1. The highest BCUT2D eigenvalue weighted by Crippen LogP contribution is 2.58. The van der Waals surface area contributed by atoms with Crippen molar-refractivity contribution in [3.05, 3.63) is 42.6 Å². The zero-order valence-electron chi connectivity index (χ0n) is 33.9. The van der Waals surface area contributed by atoms with Crippen LogP contribution < -0.4 is 14.2 Å². The van der Waals surface area contributed by atoms with Crippen LogP contribution in [0.2, 0.25) is 0 Å². The average molecular weight is 834 g/mol. The van der Waals surface area contributed by atoms with Crippen molar-refractivity contribution in [1.82, 2.24) is 14.6 Å². The van der Waals surface area contributed by atoms with Gasteiger partial charge in [-0.15, -0.1) is 0 Å². The van der Waals surface area contributed by atoms with Gasteiger partial charge in [-0.3, -0.25) is 23.9 Å². The van der Waals surface area contributed by atoms with E-state index >= 15 is 0 Å². The van der Waals surface area contributed by atoms with E-state index in [0.29, 0.717) is 49.8 Å². The zero-order valence-corrected chi connectivity index (χ0v) is 34.7. The number of Topliss-reactive ketones (excluding diaryl/α,β-unsaturated/α-hetero) is 1. The van der Waals surface area contributed by atoms with Crippen molar-refractivity contribution < 1.29 is 55.0 Å². The summed E-state index contributed by atoms with van der Waals surface area (Å²) in [6, 6.07) is 6.13. The molecule has 1 aromatic heterocycles. The molecular formula is C42H54F3N3O9S. The van der Waals surface area contributed by atoms with Crippen LogP contribution in [0.5, 0.6) is 11.6 Å². The predicted octanol–water partition coefficient (Wildman–Crippen LogP) is 6.85.